The van der Waals surface area contributed by atoms with Gasteiger partial charge in [0.05, 0.1) is 27.9 Å². The van der Waals surface area contributed by atoms with Gasteiger partial charge in [0, 0.05) is 12.1 Å². The molecule has 166 valence electrons. The highest BCUT2D eigenvalue weighted by molar-refractivity contribution is 5.41. The van der Waals surface area contributed by atoms with E-state index in [-0.39, 0.29) is 0 Å². The lowest BCUT2D eigenvalue weighted by Gasteiger charge is -2.08. The Morgan fingerprint density at radius 3 is 1.77 bits per heavy atom. The Bertz CT molecular complexity index is 705. The zero-order chi connectivity index (χ0) is 21.6. The lowest BCUT2D eigenvalue weighted by atomic mass is 10.1. The number of rotatable bonds is 15. The second-order valence-electron chi connectivity index (χ2n) is 7.22. The molecule has 0 radical (unpaired) electrons. The molecule has 0 aliphatic rings. The average molecular weight is 527 g/mol. The highest BCUT2D eigenvalue weighted by Gasteiger charge is 2.28. The van der Waals surface area contributed by atoms with Crippen molar-refractivity contribution >= 4 is 0 Å². The van der Waals surface area contributed by atoms with Crippen LogP contribution in [0.2, 0.25) is 0 Å². The van der Waals surface area contributed by atoms with Gasteiger partial charge in [0.15, 0.2) is 15.1 Å². The summed E-state index contributed by atoms with van der Waals surface area (Å²) >= 11 is -0.448. The van der Waals surface area contributed by atoms with Crippen LogP contribution in [0.1, 0.15) is 58.3 Å². The van der Waals surface area contributed by atoms with E-state index in [1.807, 2.05) is 12.1 Å². The predicted octanol–water partition coefficient (Wildman–Crippen LogP) is 3.36. The summed E-state index contributed by atoms with van der Waals surface area (Å²) < 4.78 is 24.8. The highest BCUT2D eigenvalue weighted by Crippen LogP contribution is 2.27. The van der Waals surface area contributed by atoms with E-state index in [1.165, 1.54) is 48.5 Å². The van der Waals surface area contributed by atoms with E-state index in [9.17, 15) is 0 Å². The number of halogens is 1. The molecule has 2 aromatic rings. The first-order chi connectivity index (χ1) is 14.7. The van der Waals surface area contributed by atoms with Crippen LogP contribution in [0.15, 0.2) is 36.4 Å². The number of ether oxygens (including phenoxy) is 4. The van der Waals surface area contributed by atoms with Crippen molar-refractivity contribution in [2.75, 3.05) is 27.9 Å². The van der Waals surface area contributed by atoms with Crippen LogP contribution in [0.3, 0.4) is 0 Å². The number of unbranched alkanes of at least 4 members (excludes halogenated alkanes) is 7. The third kappa shape index (κ3) is 8.25. The van der Waals surface area contributed by atoms with Crippen molar-refractivity contribution in [3.05, 3.63) is 43.5 Å². The van der Waals surface area contributed by atoms with Crippen molar-refractivity contribution in [3.8, 4) is 23.0 Å². The quantitative estimate of drug-likeness (QED) is 0.263. The molecule has 0 spiro atoms. The van der Waals surface area contributed by atoms with E-state index in [4.69, 9.17) is 18.9 Å². The Labute approximate surface area is 192 Å². The molecular weight excluding hydrogens is 491 g/mol. The molecule has 5 heteroatoms. The molecular formula is C25H36IO4+. The van der Waals surface area contributed by atoms with Crippen LogP contribution >= 0.6 is 0 Å². The lowest BCUT2D eigenvalue weighted by molar-refractivity contribution is -0.598. The van der Waals surface area contributed by atoms with Crippen molar-refractivity contribution in [2.45, 2.75) is 58.3 Å². The van der Waals surface area contributed by atoms with Gasteiger partial charge in [-0.25, -0.2) is 0 Å². The van der Waals surface area contributed by atoms with Crippen molar-refractivity contribution in [1.29, 1.82) is 0 Å². The van der Waals surface area contributed by atoms with E-state index >= 15 is 0 Å². The minimum absolute atomic E-state index is 0.448. The molecule has 0 fully saturated rings. The average Bonchev–Trinajstić information content (AvgIpc) is 2.79. The molecule has 0 N–H and O–H groups in total. The summed E-state index contributed by atoms with van der Waals surface area (Å²) in [5.41, 5.74) is 0. The summed E-state index contributed by atoms with van der Waals surface area (Å²) in [6, 6.07) is 12.3. The zero-order valence-electron chi connectivity index (χ0n) is 18.8. The fraction of sp³-hybridized carbons (Fsp3) is 0.520. The molecule has 0 saturated carbocycles. The molecule has 30 heavy (non-hydrogen) atoms. The molecule has 2 rings (SSSR count). The van der Waals surface area contributed by atoms with Crippen LogP contribution in [-0.4, -0.2) is 27.9 Å². The monoisotopic (exact) mass is 527 g/mol. The van der Waals surface area contributed by atoms with Crippen LogP contribution in [-0.2, 0) is 0 Å². The van der Waals surface area contributed by atoms with Crippen molar-refractivity contribution in [2.24, 2.45) is 0 Å². The molecule has 0 aliphatic carbocycles. The molecule has 0 atom stereocenters. The minimum atomic E-state index is -0.448. The first-order valence-corrected chi connectivity index (χ1v) is 13.0. The third-order valence-electron chi connectivity index (χ3n) is 4.94. The lowest BCUT2D eigenvalue weighted by Crippen LogP contribution is -3.61. The number of methoxy groups -OCH3 is 3. The largest absolute Gasteiger partial charge is 0.496 e. The maximum Gasteiger partial charge on any atom is 0.366 e. The maximum absolute atomic E-state index is 5.92. The minimum Gasteiger partial charge on any atom is -0.496 e. The van der Waals surface area contributed by atoms with Gasteiger partial charge in [0.25, 0.3) is 3.57 Å². The standard InChI is InChI=1S/C25H36IO4/c1-5-6-7-8-9-10-11-12-17-30-21-15-13-20(14-16-21)26-25-23(28-3)18-22(27-2)19-24(25)29-4/h13-16,18-19H,5-12,17H2,1-4H3/q+1. The van der Waals surface area contributed by atoms with Gasteiger partial charge in [0.1, 0.15) is 11.5 Å². The predicted molar refractivity (Wildman–Crippen MR) is 118 cm³/mol. The Kier molecular flexibility index (Phi) is 11.8. The second-order valence-corrected chi connectivity index (χ2v) is 10.1. The van der Waals surface area contributed by atoms with Crippen LogP contribution < -0.4 is 40.2 Å². The Morgan fingerprint density at radius 2 is 1.23 bits per heavy atom. The number of hydrogen-bond acceptors (Lipinski definition) is 4. The summed E-state index contributed by atoms with van der Waals surface area (Å²) in [6.07, 6.45) is 10.5. The summed E-state index contributed by atoms with van der Waals surface area (Å²) in [7, 11) is 5.02. The summed E-state index contributed by atoms with van der Waals surface area (Å²) in [6.45, 7) is 3.06. The topological polar surface area (TPSA) is 36.9 Å². The second kappa shape index (κ2) is 14.4. The smallest absolute Gasteiger partial charge is 0.366 e. The van der Waals surface area contributed by atoms with Gasteiger partial charge < -0.3 is 18.9 Å². The van der Waals surface area contributed by atoms with E-state index in [0.717, 1.165) is 39.6 Å². The fourth-order valence-electron chi connectivity index (χ4n) is 3.19. The Balaban J connectivity index is 1.81. The van der Waals surface area contributed by atoms with E-state index in [1.54, 1.807) is 21.3 Å². The van der Waals surface area contributed by atoms with Crippen LogP contribution in [0.5, 0.6) is 23.0 Å². The summed E-state index contributed by atoms with van der Waals surface area (Å²) in [5, 5.41) is 0. The summed E-state index contributed by atoms with van der Waals surface area (Å²) in [5.74, 6) is 3.31. The molecule has 0 heterocycles. The van der Waals surface area contributed by atoms with Crippen molar-refractivity contribution < 1.29 is 40.2 Å². The first kappa shape index (κ1) is 24.6. The van der Waals surface area contributed by atoms with Gasteiger partial charge in [-0.05, 0) is 30.7 Å². The first-order valence-electron chi connectivity index (χ1n) is 10.9. The molecule has 0 aliphatic heterocycles. The molecule has 0 aromatic heterocycles. The summed E-state index contributed by atoms with van der Waals surface area (Å²) in [4.78, 5) is 0. The van der Waals surface area contributed by atoms with Crippen LogP contribution in [0.4, 0.5) is 0 Å². The Morgan fingerprint density at radius 1 is 0.667 bits per heavy atom. The SMILES string of the molecule is CCCCCCCCCCOc1ccc([I+]c2c(OC)cc(OC)cc2OC)cc1. The van der Waals surface area contributed by atoms with Crippen LogP contribution in [0, 0.1) is 7.14 Å². The number of hydrogen-bond donors (Lipinski definition) is 0. The van der Waals surface area contributed by atoms with Gasteiger partial charge >= 0.3 is 21.2 Å². The zero-order valence-corrected chi connectivity index (χ0v) is 21.0. The normalized spacial score (nSPS) is 10.7. The number of benzene rings is 2. The van der Waals surface area contributed by atoms with Gasteiger partial charge in [-0.3, -0.25) is 0 Å². The highest BCUT2D eigenvalue weighted by atomic mass is 127. The molecule has 0 unspecified atom stereocenters. The van der Waals surface area contributed by atoms with E-state index < -0.39 is 21.2 Å². The third-order valence-corrected chi connectivity index (χ3v) is 7.88. The van der Waals surface area contributed by atoms with Gasteiger partial charge in [-0.15, -0.1) is 0 Å². The fourth-order valence-corrected chi connectivity index (χ4v) is 5.81. The Hall–Kier alpha value is -1.63. The van der Waals surface area contributed by atoms with Gasteiger partial charge in [0.2, 0.25) is 0 Å². The van der Waals surface area contributed by atoms with Crippen molar-refractivity contribution in [1.82, 2.24) is 0 Å². The van der Waals surface area contributed by atoms with Crippen molar-refractivity contribution in [3.63, 3.8) is 0 Å². The van der Waals surface area contributed by atoms with Crippen LogP contribution in [0.25, 0.3) is 0 Å². The molecule has 0 bridgehead atoms. The maximum atomic E-state index is 5.92. The van der Waals surface area contributed by atoms with E-state index in [0.29, 0.717) is 0 Å². The van der Waals surface area contributed by atoms with Gasteiger partial charge in [-0.1, -0.05) is 51.9 Å². The molecule has 0 amide bonds. The molecule has 4 nitrogen and oxygen atoms in total. The molecule has 2 aromatic carbocycles. The van der Waals surface area contributed by atoms with E-state index in [2.05, 4.69) is 31.2 Å². The molecule has 0 saturated heterocycles. The van der Waals surface area contributed by atoms with Gasteiger partial charge in [-0.2, -0.15) is 0 Å².